The molecule has 0 fully saturated rings. The van der Waals surface area contributed by atoms with Crippen molar-refractivity contribution >= 4 is 6.09 Å². The normalized spacial score (nSPS) is 11.9. The molecule has 1 atom stereocenters. The van der Waals surface area contributed by atoms with Crippen LogP contribution < -0.4 is 10.9 Å². The summed E-state index contributed by atoms with van der Waals surface area (Å²) in [6, 6.07) is 7.37. The summed E-state index contributed by atoms with van der Waals surface area (Å²) in [5.41, 5.74) is 1.09. The van der Waals surface area contributed by atoms with Crippen molar-refractivity contribution in [1.82, 2.24) is 10.3 Å². The molecule has 0 aliphatic rings. The fourth-order valence-corrected chi connectivity index (χ4v) is 2.13. The minimum absolute atomic E-state index is 0.155. The van der Waals surface area contributed by atoms with Crippen molar-refractivity contribution in [1.29, 1.82) is 0 Å². The molecule has 7 heteroatoms. The second-order valence-electron chi connectivity index (χ2n) is 4.70. The Balaban J connectivity index is 2.26. The van der Waals surface area contributed by atoms with Gasteiger partial charge in [-0.25, -0.2) is 9.18 Å². The van der Waals surface area contributed by atoms with E-state index >= 15 is 0 Å². The Morgan fingerprint density at radius 1 is 1.27 bits per heavy atom. The number of aromatic nitrogens is 1. The van der Waals surface area contributed by atoms with Crippen LogP contribution in [0.25, 0.3) is 11.1 Å². The van der Waals surface area contributed by atoms with Gasteiger partial charge >= 0.3 is 6.09 Å². The van der Waals surface area contributed by atoms with E-state index in [0.717, 1.165) is 6.07 Å². The van der Waals surface area contributed by atoms with Crippen LogP contribution >= 0.6 is 0 Å². The Morgan fingerprint density at radius 3 is 2.50 bits per heavy atom. The highest BCUT2D eigenvalue weighted by Crippen LogP contribution is 2.22. The molecule has 1 heterocycles. The predicted octanol–water partition coefficient (Wildman–Crippen LogP) is 1.87. The highest BCUT2D eigenvalue weighted by atomic mass is 19.1. The first-order valence-electron chi connectivity index (χ1n) is 6.60. The number of halogens is 1. The van der Waals surface area contributed by atoms with E-state index in [1.165, 1.54) is 6.20 Å². The lowest BCUT2D eigenvalue weighted by molar-refractivity contribution is 0.185. The van der Waals surface area contributed by atoms with Crippen LogP contribution in [0.5, 0.6) is 0 Å². The zero-order chi connectivity index (χ0) is 16.1. The SMILES string of the molecule is O=C(O)NC(CCO)c1ccc(-c2c[nH]c(=O)c(F)c2)cc1. The molecule has 0 bridgehead atoms. The third-order valence-electron chi connectivity index (χ3n) is 3.22. The van der Waals surface area contributed by atoms with Gasteiger partial charge in [0.1, 0.15) is 0 Å². The summed E-state index contributed by atoms with van der Waals surface area (Å²) < 4.78 is 13.3. The standard InChI is InChI=1S/C15H15FN2O4/c16-12-7-11(8-17-14(12)20)9-1-3-10(4-2-9)13(5-6-19)18-15(21)22/h1-4,7-8,13,18-19H,5-6H2,(H,17,20)(H,21,22). The van der Waals surface area contributed by atoms with Crippen LogP contribution in [0.1, 0.15) is 18.0 Å². The number of aliphatic hydroxyl groups excluding tert-OH is 1. The van der Waals surface area contributed by atoms with Crippen LogP contribution in [0.2, 0.25) is 0 Å². The van der Waals surface area contributed by atoms with Gasteiger partial charge in [-0.05, 0) is 23.6 Å². The molecule has 1 aromatic heterocycles. The van der Waals surface area contributed by atoms with Crippen molar-refractivity contribution in [3.63, 3.8) is 0 Å². The minimum Gasteiger partial charge on any atom is -0.465 e. The number of benzene rings is 1. The first kappa shape index (κ1) is 15.7. The largest absolute Gasteiger partial charge is 0.465 e. The Hall–Kier alpha value is -2.67. The number of carboxylic acid groups (broad SMARTS) is 1. The van der Waals surface area contributed by atoms with E-state index in [1.54, 1.807) is 24.3 Å². The van der Waals surface area contributed by atoms with Gasteiger partial charge in [0.05, 0.1) is 6.04 Å². The van der Waals surface area contributed by atoms with E-state index in [4.69, 9.17) is 10.2 Å². The van der Waals surface area contributed by atoms with E-state index in [1.807, 2.05) is 0 Å². The fourth-order valence-electron chi connectivity index (χ4n) is 2.13. The molecule has 0 spiro atoms. The van der Waals surface area contributed by atoms with Crippen molar-refractivity contribution in [2.24, 2.45) is 0 Å². The Kier molecular flexibility index (Phi) is 4.90. The molecule has 1 amide bonds. The average Bonchev–Trinajstić information content (AvgIpc) is 2.49. The van der Waals surface area contributed by atoms with Gasteiger partial charge in [-0.1, -0.05) is 24.3 Å². The smallest absolute Gasteiger partial charge is 0.405 e. The van der Waals surface area contributed by atoms with Crippen LogP contribution in [0, 0.1) is 5.82 Å². The lowest BCUT2D eigenvalue weighted by atomic mass is 10.00. The van der Waals surface area contributed by atoms with Crippen molar-refractivity contribution < 1.29 is 19.4 Å². The third-order valence-corrected chi connectivity index (χ3v) is 3.22. The molecule has 0 saturated heterocycles. The Labute approximate surface area is 125 Å². The Morgan fingerprint density at radius 2 is 1.95 bits per heavy atom. The van der Waals surface area contributed by atoms with Crippen molar-refractivity contribution in [3.8, 4) is 11.1 Å². The number of hydrogen-bond acceptors (Lipinski definition) is 3. The average molecular weight is 306 g/mol. The highest BCUT2D eigenvalue weighted by molar-refractivity contribution is 5.66. The van der Waals surface area contributed by atoms with Crippen LogP contribution in [-0.4, -0.2) is 27.9 Å². The maximum absolute atomic E-state index is 13.3. The van der Waals surface area contributed by atoms with Gasteiger partial charge in [-0.2, -0.15) is 0 Å². The number of hydrogen-bond donors (Lipinski definition) is 4. The fraction of sp³-hybridized carbons (Fsp3) is 0.200. The zero-order valence-electron chi connectivity index (χ0n) is 11.5. The molecular weight excluding hydrogens is 291 g/mol. The van der Waals surface area contributed by atoms with Crippen LogP contribution in [0.3, 0.4) is 0 Å². The van der Waals surface area contributed by atoms with Crippen LogP contribution in [-0.2, 0) is 0 Å². The molecule has 22 heavy (non-hydrogen) atoms. The zero-order valence-corrected chi connectivity index (χ0v) is 11.5. The molecule has 4 N–H and O–H groups in total. The lowest BCUT2D eigenvalue weighted by Crippen LogP contribution is -2.27. The second-order valence-corrected chi connectivity index (χ2v) is 4.70. The quantitative estimate of drug-likeness (QED) is 0.677. The van der Waals surface area contributed by atoms with Crippen LogP contribution in [0.4, 0.5) is 9.18 Å². The van der Waals surface area contributed by atoms with E-state index in [9.17, 15) is 14.0 Å². The topological polar surface area (TPSA) is 102 Å². The lowest BCUT2D eigenvalue weighted by Gasteiger charge is -2.16. The number of aromatic amines is 1. The molecular formula is C15H15FN2O4. The molecule has 6 nitrogen and oxygen atoms in total. The molecule has 0 aliphatic carbocycles. The molecule has 2 aromatic rings. The van der Waals surface area contributed by atoms with E-state index < -0.39 is 23.5 Å². The number of amides is 1. The van der Waals surface area contributed by atoms with Crippen molar-refractivity contribution in [2.45, 2.75) is 12.5 Å². The molecule has 1 unspecified atom stereocenters. The minimum atomic E-state index is -1.18. The summed E-state index contributed by atoms with van der Waals surface area (Å²) in [4.78, 5) is 24.0. The van der Waals surface area contributed by atoms with Gasteiger partial charge in [0, 0.05) is 18.4 Å². The van der Waals surface area contributed by atoms with Gasteiger partial charge in [-0.15, -0.1) is 0 Å². The van der Waals surface area contributed by atoms with Gasteiger partial charge in [-0.3, -0.25) is 4.79 Å². The van der Waals surface area contributed by atoms with E-state index in [-0.39, 0.29) is 13.0 Å². The number of carbonyl (C=O) groups is 1. The number of aliphatic hydroxyl groups is 1. The van der Waals surface area contributed by atoms with Gasteiger partial charge in [0.2, 0.25) is 0 Å². The third kappa shape index (κ3) is 3.70. The highest BCUT2D eigenvalue weighted by Gasteiger charge is 2.13. The van der Waals surface area contributed by atoms with E-state index in [0.29, 0.717) is 16.7 Å². The second kappa shape index (κ2) is 6.86. The van der Waals surface area contributed by atoms with Gasteiger partial charge in [0.25, 0.3) is 5.56 Å². The van der Waals surface area contributed by atoms with Gasteiger partial charge < -0.3 is 20.5 Å². The molecule has 1 aromatic carbocycles. The van der Waals surface area contributed by atoms with Crippen molar-refractivity contribution in [3.05, 3.63) is 58.3 Å². The molecule has 116 valence electrons. The first-order chi connectivity index (χ1) is 10.5. The number of pyridine rings is 1. The number of H-pyrrole nitrogens is 1. The van der Waals surface area contributed by atoms with Gasteiger partial charge in [0.15, 0.2) is 5.82 Å². The van der Waals surface area contributed by atoms with Crippen molar-refractivity contribution in [2.75, 3.05) is 6.61 Å². The predicted molar refractivity (Wildman–Crippen MR) is 78.1 cm³/mol. The molecule has 0 saturated carbocycles. The maximum atomic E-state index is 13.3. The van der Waals surface area contributed by atoms with Crippen LogP contribution in [0.15, 0.2) is 41.3 Å². The van der Waals surface area contributed by atoms with E-state index in [2.05, 4.69) is 10.3 Å². The summed E-state index contributed by atoms with van der Waals surface area (Å²) in [7, 11) is 0. The summed E-state index contributed by atoms with van der Waals surface area (Å²) >= 11 is 0. The Bertz CT molecular complexity index is 712. The summed E-state index contributed by atoms with van der Waals surface area (Å²) in [6.45, 7) is -0.155. The summed E-state index contributed by atoms with van der Waals surface area (Å²) in [5, 5.41) is 20.1. The summed E-state index contributed by atoms with van der Waals surface area (Å²) in [5.74, 6) is -0.868. The maximum Gasteiger partial charge on any atom is 0.405 e. The molecule has 0 aliphatic heterocycles. The summed E-state index contributed by atoms with van der Waals surface area (Å²) in [6.07, 6.45) is 0.477. The number of rotatable bonds is 5. The first-order valence-corrected chi connectivity index (χ1v) is 6.60. The molecule has 0 radical (unpaired) electrons. The monoisotopic (exact) mass is 306 g/mol. The molecule has 2 rings (SSSR count). The number of nitrogens with one attached hydrogen (secondary N) is 2.